The maximum absolute atomic E-state index is 12.1. The Bertz CT molecular complexity index is 608. The van der Waals surface area contributed by atoms with Crippen LogP contribution < -0.4 is 9.47 Å². The van der Waals surface area contributed by atoms with Gasteiger partial charge in [-0.1, -0.05) is 6.07 Å². The van der Waals surface area contributed by atoms with Crippen molar-refractivity contribution in [3.63, 3.8) is 0 Å². The highest BCUT2D eigenvalue weighted by molar-refractivity contribution is 5.92. The van der Waals surface area contributed by atoms with Gasteiger partial charge in [-0.3, -0.25) is 4.79 Å². The third-order valence-corrected chi connectivity index (χ3v) is 3.20. The first-order chi connectivity index (χ1) is 9.74. The minimum absolute atomic E-state index is 0.0371. The molecule has 3 rings (SSSR count). The lowest BCUT2D eigenvalue weighted by Gasteiger charge is -2.21. The lowest BCUT2D eigenvalue weighted by molar-refractivity contribution is 0.0779. The number of fused-ring (bicyclic) bond motifs is 1. The van der Waals surface area contributed by atoms with Crippen LogP contribution in [0.25, 0.3) is 0 Å². The van der Waals surface area contributed by atoms with Gasteiger partial charge in [0.25, 0.3) is 5.91 Å². The number of rotatable bonds is 3. The summed E-state index contributed by atoms with van der Waals surface area (Å²) in [7, 11) is 1.78. The first-order valence-corrected chi connectivity index (χ1v) is 6.51. The zero-order valence-corrected chi connectivity index (χ0v) is 11.3. The van der Waals surface area contributed by atoms with Gasteiger partial charge in [-0.15, -0.1) is 0 Å². The number of nitrogens with zero attached hydrogens (tertiary/aromatic N) is 1. The zero-order valence-electron chi connectivity index (χ0n) is 11.3. The van der Waals surface area contributed by atoms with Gasteiger partial charge in [-0.2, -0.15) is 0 Å². The molecule has 0 bridgehead atoms. The van der Waals surface area contributed by atoms with Crippen molar-refractivity contribution in [2.24, 2.45) is 0 Å². The standard InChI is InChI=1S/C15H16N2O3/c1-17(15(18)12-3-2-6-16-12)10-11-4-5-13-14(9-11)20-8-7-19-13/h2-6,9,16H,7-8,10H2,1H3. The van der Waals surface area contributed by atoms with Gasteiger partial charge in [-0.25, -0.2) is 0 Å². The second-order valence-electron chi connectivity index (χ2n) is 4.72. The molecule has 0 radical (unpaired) electrons. The van der Waals surface area contributed by atoms with Crippen LogP contribution in [0.4, 0.5) is 0 Å². The van der Waals surface area contributed by atoms with Crippen LogP contribution >= 0.6 is 0 Å². The summed E-state index contributed by atoms with van der Waals surface area (Å²) in [6.07, 6.45) is 1.74. The van der Waals surface area contributed by atoms with Crippen molar-refractivity contribution in [1.82, 2.24) is 9.88 Å². The van der Waals surface area contributed by atoms with Crippen molar-refractivity contribution in [2.75, 3.05) is 20.3 Å². The Morgan fingerprint density at radius 2 is 2.05 bits per heavy atom. The van der Waals surface area contributed by atoms with E-state index in [2.05, 4.69) is 4.98 Å². The Balaban J connectivity index is 1.72. The van der Waals surface area contributed by atoms with Crippen molar-refractivity contribution in [2.45, 2.75) is 6.54 Å². The van der Waals surface area contributed by atoms with E-state index in [1.807, 2.05) is 24.3 Å². The Kier molecular flexibility index (Phi) is 3.33. The van der Waals surface area contributed by atoms with E-state index in [0.29, 0.717) is 25.5 Å². The summed E-state index contributed by atoms with van der Waals surface area (Å²) in [5.41, 5.74) is 1.60. The van der Waals surface area contributed by atoms with Crippen LogP contribution in [0.3, 0.4) is 0 Å². The first kappa shape index (κ1) is 12.6. The van der Waals surface area contributed by atoms with E-state index in [9.17, 15) is 4.79 Å². The zero-order chi connectivity index (χ0) is 13.9. The minimum Gasteiger partial charge on any atom is -0.486 e. The number of carbonyl (C=O) groups is 1. The Morgan fingerprint density at radius 1 is 1.25 bits per heavy atom. The second kappa shape index (κ2) is 5.28. The summed E-state index contributed by atoms with van der Waals surface area (Å²) >= 11 is 0. The van der Waals surface area contributed by atoms with Crippen molar-refractivity contribution >= 4 is 5.91 Å². The highest BCUT2D eigenvalue weighted by atomic mass is 16.6. The van der Waals surface area contributed by atoms with E-state index in [0.717, 1.165) is 17.1 Å². The summed E-state index contributed by atoms with van der Waals surface area (Å²) in [6.45, 7) is 1.67. The van der Waals surface area contributed by atoms with Gasteiger partial charge in [0.2, 0.25) is 0 Å². The van der Waals surface area contributed by atoms with Crippen molar-refractivity contribution in [3.8, 4) is 11.5 Å². The van der Waals surface area contributed by atoms with E-state index in [4.69, 9.17) is 9.47 Å². The summed E-state index contributed by atoms with van der Waals surface area (Å²) in [4.78, 5) is 16.7. The highest BCUT2D eigenvalue weighted by Crippen LogP contribution is 2.31. The minimum atomic E-state index is -0.0371. The molecule has 1 aromatic heterocycles. The number of aromatic nitrogens is 1. The van der Waals surface area contributed by atoms with Crippen LogP contribution in [0.15, 0.2) is 36.5 Å². The molecular weight excluding hydrogens is 256 g/mol. The molecule has 0 saturated heterocycles. The van der Waals surface area contributed by atoms with Crippen LogP contribution in [0.2, 0.25) is 0 Å². The van der Waals surface area contributed by atoms with E-state index in [1.165, 1.54) is 0 Å². The van der Waals surface area contributed by atoms with Crippen LogP contribution in [0.5, 0.6) is 11.5 Å². The average molecular weight is 272 g/mol. The van der Waals surface area contributed by atoms with E-state index >= 15 is 0 Å². The molecule has 0 fully saturated rings. The summed E-state index contributed by atoms with van der Waals surface area (Å²) in [5, 5.41) is 0. The van der Waals surface area contributed by atoms with Gasteiger partial charge < -0.3 is 19.4 Å². The molecule has 0 atom stereocenters. The lowest BCUT2D eigenvalue weighted by atomic mass is 10.2. The smallest absolute Gasteiger partial charge is 0.270 e. The first-order valence-electron chi connectivity index (χ1n) is 6.51. The van der Waals surface area contributed by atoms with Crippen LogP contribution in [-0.4, -0.2) is 36.1 Å². The van der Waals surface area contributed by atoms with Gasteiger partial charge in [0.15, 0.2) is 11.5 Å². The molecule has 5 heteroatoms. The predicted octanol–water partition coefficient (Wildman–Crippen LogP) is 2.06. The molecule has 20 heavy (non-hydrogen) atoms. The molecular formula is C15H16N2O3. The molecule has 1 amide bonds. The molecule has 1 aliphatic heterocycles. The highest BCUT2D eigenvalue weighted by Gasteiger charge is 2.15. The molecule has 0 unspecified atom stereocenters. The molecule has 1 aromatic carbocycles. The molecule has 2 aromatic rings. The fraction of sp³-hybridized carbons (Fsp3) is 0.267. The van der Waals surface area contributed by atoms with Gasteiger partial charge in [0.05, 0.1) is 0 Å². The summed E-state index contributed by atoms with van der Waals surface area (Å²) < 4.78 is 11.0. The van der Waals surface area contributed by atoms with Crippen LogP contribution in [0, 0.1) is 0 Å². The third-order valence-electron chi connectivity index (χ3n) is 3.20. The van der Waals surface area contributed by atoms with Crippen molar-refractivity contribution in [3.05, 3.63) is 47.8 Å². The number of aromatic amines is 1. The van der Waals surface area contributed by atoms with Crippen molar-refractivity contribution in [1.29, 1.82) is 0 Å². The molecule has 0 aliphatic carbocycles. The number of hydrogen-bond acceptors (Lipinski definition) is 3. The summed E-state index contributed by atoms with van der Waals surface area (Å²) in [6, 6.07) is 9.34. The molecule has 1 N–H and O–H groups in total. The van der Waals surface area contributed by atoms with Gasteiger partial charge in [-0.05, 0) is 29.8 Å². The molecule has 0 saturated carbocycles. The maximum atomic E-state index is 12.1. The van der Waals surface area contributed by atoms with Crippen LogP contribution in [0.1, 0.15) is 16.1 Å². The second-order valence-corrected chi connectivity index (χ2v) is 4.72. The predicted molar refractivity (Wildman–Crippen MR) is 74.0 cm³/mol. The van der Waals surface area contributed by atoms with E-state index < -0.39 is 0 Å². The Morgan fingerprint density at radius 3 is 2.80 bits per heavy atom. The number of benzene rings is 1. The fourth-order valence-corrected chi connectivity index (χ4v) is 2.20. The topological polar surface area (TPSA) is 54.6 Å². The number of H-pyrrole nitrogens is 1. The molecule has 2 heterocycles. The summed E-state index contributed by atoms with van der Waals surface area (Å²) in [5.74, 6) is 1.47. The van der Waals surface area contributed by atoms with Gasteiger partial charge >= 0.3 is 0 Å². The number of amides is 1. The Labute approximate surface area is 117 Å². The van der Waals surface area contributed by atoms with Crippen molar-refractivity contribution < 1.29 is 14.3 Å². The molecule has 0 spiro atoms. The van der Waals surface area contributed by atoms with Gasteiger partial charge in [0, 0.05) is 19.8 Å². The molecule has 1 aliphatic rings. The monoisotopic (exact) mass is 272 g/mol. The number of hydrogen-bond donors (Lipinski definition) is 1. The van der Waals surface area contributed by atoms with E-state index in [-0.39, 0.29) is 5.91 Å². The largest absolute Gasteiger partial charge is 0.486 e. The quantitative estimate of drug-likeness (QED) is 0.930. The number of ether oxygens (including phenoxy) is 2. The number of carbonyl (C=O) groups excluding carboxylic acids is 1. The van der Waals surface area contributed by atoms with Crippen LogP contribution in [-0.2, 0) is 6.54 Å². The third kappa shape index (κ3) is 2.47. The average Bonchev–Trinajstić information content (AvgIpc) is 3.00. The maximum Gasteiger partial charge on any atom is 0.270 e. The van der Waals surface area contributed by atoms with E-state index in [1.54, 1.807) is 24.2 Å². The molecule has 104 valence electrons. The Hall–Kier alpha value is -2.43. The normalized spacial score (nSPS) is 13.1. The molecule has 5 nitrogen and oxygen atoms in total. The SMILES string of the molecule is CN(Cc1ccc2c(c1)OCCO2)C(=O)c1ccc[nH]1. The van der Waals surface area contributed by atoms with Gasteiger partial charge in [0.1, 0.15) is 18.9 Å². The fourth-order valence-electron chi connectivity index (χ4n) is 2.20. The lowest BCUT2D eigenvalue weighted by Crippen LogP contribution is -2.26. The number of nitrogens with one attached hydrogen (secondary N) is 1.